The minimum Gasteiger partial charge on any atom is -0.324 e. The average Bonchev–Trinajstić information content (AvgIpc) is 2.83. The number of thioether (sulfide) groups is 1. The summed E-state index contributed by atoms with van der Waals surface area (Å²) in [7, 11) is -4.23. The lowest BCUT2D eigenvalue weighted by molar-refractivity contribution is -0.137. The van der Waals surface area contributed by atoms with Crippen molar-refractivity contribution in [2.75, 3.05) is 11.1 Å². The zero-order valence-electron chi connectivity index (χ0n) is 19.6. The summed E-state index contributed by atoms with van der Waals surface area (Å²) >= 11 is 1.05. The molecule has 6 nitrogen and oxygen atoms in total. The smallest absolute Gasteiger partial charge is 0.324 e. The number of hydrogen-bond donors (Lipinski definition) is 2. The fourth-order valence-corrected chi connectivity index (χ4v) is 5.64. The Bertz CT molecular complexity index is 1440. The van der Waals surface area contributed by atoms with Crippen molar-refractivity contribution >= 4 is 33.4 Å². The predicted molar refractivity (Wildman–Crippen MR) is 132 cm³/mol. The number of halogens is 4. The number of amides is 1. The number of alkyl halides is 3. The highest BCUT2D eigenvalue weighted by Gasteiger charge is 2.39. The van der Waals surface area contributed by atoms with Crippen molar-refractivity contribution in [2.24, 2.45) is 0 Å². The average molecular weight is 552 g/mol. The van der Waals surface area contributed by atoms with Gasteiger partial charge in [0.1, 0.15) is 11.4 Å². The molecule has 0 aliphatic heterocycles. The molecule has 0 aliphatic rings. The Kier molecular flexibility index (Phi) is 8.32. The van der Waals surface area contributed by atoms with E-state index in [1.807, 2.05) is 0 Å². The Morgan fingerprint density at radius 1 is 1.03 bits per heavy atom. The van der Waals surface area contributed by atoms with Gasteiger partial charge in [0.05, 0.1) is 22.1 Å². The molecule has 0 heterocycles. The van der Waals surface area contributed by atoms with Crippen LogP contribution in [-0.2, 0) is 21.0 Å². The van der Waals surface area contributed by atoms with Crippen molar-refractivity contribution in [1.29, 1.82) is 5.26 Å². The van der Waals surface area contributed by atoms with E-state index < -0.39 is 44.6 Å². The van der Waals surface area contributed by atoms with Crippen LogP contribution in [0.25, 0.3) is 0 Å². The first-order chi connectivity index (χ1) is 17.2. The molecule has 1 atom stereocenters. The van der Waals surface area contributed by atoms with Gasteiger partial charge < -0.3 is 5.32 Å². The molecule has 0 radical (unpaired) electrons. The van der Waals surface area contributed by atoms with Gasteiger partial charge in [-0.2, -0.15) is 23.2 Å². The summed E-state index contributed by atoms with van der Waals surface area (Å²) in [6.45, 7) is 3.06. The largest absolute Gasteiger partial charge is 0.417 e. The monoisotopic (exact) mass is 551 g/mol. The second kappa shape index (κ2) is 10.9. The molecule has 0 unspecified atom stereocenters. The van der Waals surface area contributed by atoms with E-state index in [1.54, 1.807) is 19.1 Å². The van der Waals surface area contributed by atoms with E-state index in [4.69, 9.17) is 5.26 Å². The summed E-state index contributed by atoms with van der Waals surface area (Å²) in [5.74, 6) is -1.60. The zero-order chi connectivity index (χ0) is 27.4. The third-order valence-corrected chi connectivity index (χ3v) is 8.18. The molecular weight excluding hydrogens is 530 g/mol. The maximum atomic E-state index is 13.4. The Balaban J connectivity index is 1.95. The molecule has 3 rings (SSSR count). The number of nitriles is 1. The summed E-state index contributed by atoms with van der Waals surface area (Å²) in [6, 6.07) is 15.3. The van der Waals surface area contributed by atoms with Gasteiger partial charge in [0.25, 0.3) is 0 Å². The second-order valence-corrected chi connectivity index (χ2v) is 11.0. The molecule has 0 aromatic heterocycles. The number of sulfonamides is 1. The lowest BCUT2D eigenvalue weighted by atomic mass is 10.0. The molecule has 0 spiro atoms. The fraction of sp³-hybridized carbons (Fsp3) is 0.200. The molecule has 0 bridgehead atoms. The molecular formula is C25H21F4N3O3S2. The molecule has 3 aromatic rings. The molecule has 12 heteroatoms. The lowest BCUT2D eigenvalue weighted by Gasteiger charge is -2.29. The van der Waals surface area contributed by atoms with Gasteiger partial charge in [0.15, 0.2) is 0 Å². The van der Waals surface area contributed by atoms with Crippen LogP contribution < -0.4 is 10.0 Å². The van der Waals surface area contributed by atoms with Crippen LogP contribution >= 0.6 is 11.8 Å². The number of hydrogen-bond acceptors (Lipinski definition) is 5. The minimum atomic E-state index is -4.85. The van der Waals surface area contributed by atoms with E-state index in [0.29, 0.717) is 11.0 Å². The molecule has 0 fully saturated rings. The van der Waals surface area contributed by atoms with Crippen molar-refractivity contribution in [1.82, 2.24) is 4.72 Å². The Hall–Kier alpha value is -3.40. The van der Waals surface area contributed by atoms with E-state index >= 15 is 0 Å². The molecule has 3 aromatic carbocycles. The van der Waals surface area contributed by atoms with Crippen LogP contribution in [0.5, 0.6) is 0 Å². The van der Waals surface area contributed by atoms with Crippen molar-refractivity contribution in [3.8, 4) is 6.07 Å². The van der Waals surface area contributed by atoms with E-state index in [-0.39, 0.29) is 16.3 Å². The quantitative estimate of drug-likeness (QED) is 0.285. The van der Waals surface area contributed by atoms with Crippen molar-refractivity contribution in [2.45, 2.75) is 35.4 Å². The van der Waals surface area contributed by atoms with E-state index in [2.05, 4.69) is 10.0 Å². The Labute approximate surface area is 215 Å². The summed E-state index contributed by atoms with van der Waals surface area (Å²) in [5, 5.41) is 11.3. The van der Waals surface area contributed by atoms with Gasteiger partial charge in [-0.05, 0) is 68.4 Å². The molecule has 1 amide bonds. The van der Waals surface area contributed by atoms with Gasteiger partial charge in [-0.3, -0.25) is 4.79 Å². The number of anilines is 1. The van der Waals surface area contributed by atoms with Gasteiger partial charge in [-0.15, -0.1) is 11.8 Å². The molecule has 2 N–H and O–H groups in total. The lowest BCUT2D eigenvalue weighted by Crippen LogP contribution is -2.56. The van der Waals surface area contributed by atoms with E-state index in [1.165, 1.54) is 49.4 Å². The molecule has 0 saturated carbocycles. The topological polar surface area (TPSA) is 99.1 Å². The normalized spacial score (nSPS) is 13.4. The van der Waals surface area contributed by atoms with Gasteiger partial charge >= 0.3 is 6.18 Å². The molecule has 37 heavy (non-hydrogen) atoms. The van der Waals surface area contributed by atoms with Crippen LogP contribution in [0.1, 0.15) is 23.6 Å². The standard InChI is InChI=1S/C25H21F4N3O3S2/c1-16-3-11-21(12-4-16)37(34,35)32-24(2,15-36-20-9-6-18(26)7-10-20)23(33)31-19-8-5-17(14-30)22(13-19)25(27,28)29/h3-13,32H,15H2,1-2H3,(H,31,33)/t24-/m0/s1. The van der Waals surface area contributed by atoms with Crippen LogP contribution in [0.2, 0.25) is 0 Å². The summed E-state index contributed by atoms with van der Waals surface area (Å²) in [5.41, 5.74) is -3.18. The van der Waals surface area contributed by atoms with Gasteiger partial charge in [-0.1, -0.05) is 17.7 Å². The first-order valence-corrected chi connectivity index (χ1v) is 13.1. The number of nitrogens with zero attached hydrogens (tertiary/aromatic N) is 1. The summed E-state index contributed by atoms with van der Waals surface area (Å²) < 4.78 is 82.0. The van der Waals surface area contributed by atoms with Crippen LogP contribution in [0.3, 0.4) is 0 Å². The number of rotatable bonds is 8. The van der Waals surface area contributed by atoms with Crippen LogP contribution in [-0.4, -0.2) is 25.6 Å². The highest BCUT2D eigenvalue weighted by molar-refractivity contribution is 7.99. The van der Waals surface area contributed by atoms with Gasteiger partial charge in [-0.25, -0.2) is 12.8 Å². The molecule has 0 aliphatic carbocycles. The number of carbonyl (C=O) groups excluding carboxylic acids is 1. The predicted octanol–water partition coefficient (Wildman–Crippen LogP) is 5.49. The number of benzene rings is 3. The van der Waals surface area contributed by atoms with Crippen molar-refractivity contribution < 1.29 is 30.8 Å². The third-order valence-electron chi connectivity index (χ3n) is 5.24. The van der Waals surface area contributed by atoms with Crippen LogP contribution in [0.4, 0.5) is 23.2 Å². The van der Waals surface area contributed by atoms with Gasteiger partial charge in [0.2, 0.25) is 15.9 Å². The first kappa shape index (κ1) is 28.2. The number of aryl methyl sites for hydroxylation is 1. The SMILES string of the molecule is Cc1ccc(S(=O)(=O)N[C@@](C)(CSc2ccc(F)cc2)C(=O)Nc2ccc(C#N)c(C(F)(F)F)c2)cc1. The molecule has 0 saturated heterocycles. The number of nitrogens with one attached hydrogen (secondary N) is 2. The maximum absolute atomic E-state index is 13.4. The van der Waals surface area contributed by atoms with Crippen LogP contribution in [0.15, 0.2) is 76.5 Å². The fourth-order valence-electron chi connectivity index (χ4n) is 3.20. The first-order valence-electron chi connectivity index (χ1n) is 10.7. The van der Waals surface area contributed by atoms with Gasteiger partial charge in [0, 0.05) is 16.3 Å². The summed E-state index contributed by atoms with van der Waals surface area (Å²) in [4.78, 5) is 13.8. The van der Waals surface area contributed by atoms with Crippen molar-refractivity contribution in [3.05, 3.63) is 89.2 Å². The number of carbonyl (C=O) groups is 1. The Morgan fingerprint density at radius 3 is 2.22 bits per heavy atom. The third kappa shape index (κ3) is 7.09. The minimum absolute atomic E-state index is 0.110. The second-order valence-electron chi connectivity index (χ2n) is 8.32. The maximum Gasteiger partial charge on any atom is 0.417 e. The Morgan fingerprint density at radius 2 is 1.65 bits per heavy atom. The highest BCUT2D eigenvalue weighted by atomic mass is 32.2. The van der Waals surface area contributed by atoms with E-state index in [0.717, 1.165) is 29.5 Å². The zero-order valence-corrected chi connectivity index (χ0v) is 21.2. The highest BCUT2D eigenvalue weighted by Crippen LogP contribution is 2.34. The summed E-state index contributed by atoms with van der Waals surface area (Å²) in [6.07, 6.45) is -4.85. The molecule has 194 valence electrons. The van der Waals surface area contributed by atoms with Crippen LogP contribution in [0, 0.1) is 24.1 Å². The van der Waals surface area contributed by atoms with E-state index in [9.17, 15) is 30.8 Å². The van der Waals surface area contributed by atoms with Crippen molar-refractivity contribution in [3.63, 3.8) is 0 Å².